The van der Waals surface area contributed by atoms with E-state index >= 15 is 0 Å². The number of carbonyl (C=O) groups excluding carboxylic acids is 1. The van der Waals surface area contributed by atoms with Crippen molar-refractivity contribution in [3.05, 3.63) is 63.1 Å². The number of rotatable bonds is 4. The normalized spacial score (nSPS) is 17.8. The van der Waals surface area contributed by atoms with Gasteiger partial charge in [0, 0.05) is 22.8 Å². The molecule has 1 amide bonds. The molecule has 4 nitrogen and oxygen atoms in total. The molecule has 6 heteroatoms. The zero-order valence-corrected chi connectivity index (χ0v) is 19.1. The molecule has 156 valence electrons. The minimum absolute atomic E-state index is 0.0112. The van der Waals surface area contributed by atoms with Gasteiger partial charge in [0.15, 0.2) is 0 Å². The number of anilines is 2. The lowest BCUT2D eigenvalue weighted by Crippen LogP contribution is -2.48. The molecule has 0 fully saturated rings. The lowest BCUT2D eigenvalue weighted by Gasteiger charge is -2.47. The van der Waals surface area contributed by atoms with Gasteiger partial charge in [0.05, 0.1) is 10.7 Å². The third kappa shape index (κ3) is 4.48. The fraction of sp³-hybridized carbons (Fsp3) is 0.333. The van der Waals surface area contributed by atoms with Gasteiger partial charge in [-0.2, -0.15) is 5.26 Å². The quantitative estimate of drug-likeness (QED) is 0.426. The second-order valence-corrected chi connectivity index (χ2v) is 9.07. The molecule has 1 aliphatic heterocycles. The molecule has 1 heterocycles. The van der Waals surface area contributed by atoms with Gasteiger partial charge < -0.3 is 10.2 Å². The molecule has 1 N–H and O–H groups in total. The molecular weight excluding hydrogens is 417 g/mol. The summed E-state index contributed by atoms with van der Waals surface area (Å²) in [5.41, 5.74) is 3.79. The van der Waals surface area contributed by atoms with Crippen LogP contribution in [0.15, 0.2) is 42.0 Å². The smallest absolute Gasteiger partial charge is 0.266 e. The van der Waals surface area contributed by atoms with Crippen molar-refractivity contribution >= 4 is 46.6 Å². The molecule has 0 aromatic heterocycles. The second kappa shape index (κ2) is 8.71. The number of hydrogen-bond acceptors (Lipinski definition) is 3. The van der Waals surface area contributed by atoms with Gasteiger partial charge in [-0.3, -0.25) is 4.79 Å². The fourth-order valence-corrected chi connectivity index (χ4v) is 4.75. The van der Waals surface area contributed by atoms with Crippen molar-refractivity contribution in [1.29, 1.82) is 5.26 Å². The predicted octanol–water partition coefficient (Wildman–Crippen LogP) is 6.65. The van der Waals surface area contributed by atoms with E-state index < -0.39 is 5.91 Å². The van der Waals surface area contributed by atoms with Gasteiger partial charge in [0.1, 0.15) is 11.6 Å². The Kier molecular flexibility index (Phi) is 6.45. The Morgan fingerprint density at radius 1 is 1.30 bits per heavy atom. The van der Waals surface area contributed by atoms with Gasteiger partial charge >= 0.3 is 0 Å². The highest BCUT2D eigenvalue weighted by Gasteiger charge is 2.35. The van der Waals surface area contributed by atoms with Crippen molar-refractivity contribution in [3.63, 3.8) is 0 Å². The van der Waals surface area contributed by atoms with Crippen molar-refractivity contribution in [3.8, 4) is 6.07 Å². The van der Waals surface area contributed by atoms with E-state index in [0.29, 0.717) is 21.7 Å². The first kappa shape index (κ1) is 22.2. The molecule has 2 aromatic carbocycles. The average Bonchev–Trinajstić information content (AvgIpc) is 2.68. The van der Waals surface area contributed by atoms with Crippen LogP contribution in [0.3, 0.4) is 0 Å². The van der Waals surface area contributed by atoms with E-state index in [-0.39, 0.29) is 11.1 Å². The summed E-state index contributed by atoms with van der Waals surface area (Å²) in [7, 11) is 0. The Morgan fingerprint density at radius 3 is 2.67 bits per heavy atom. The van der Waals surface area contributed by atoms with E-state index in [4.69, 9.17) is 23.2 Å². The molecule has 30 heavy (non-hydrogen) atoms. The Labute approximate surface area is 188 Å². The zero-order chi connectivity index (χ0) is 22.1. The summed E-state index contributed by atoms with van der Waals surface area (Å²) in [6.45, 7) is 9.85. The van der Waals surface area contributed by atoms with E-state index in [1.807, 2.05) is 12.1 Å². The maximum atomic E-state index is 12.6. The highest BCUT2D eigenvalue weighted by atomic mass is 35.5. The van der Waals surface area contributed by atoms with Gasteiger partial charge in [-0.25, -0.2) is 0 Å². The van der Waals surface area contributed by atoms with Crippen LogP contribution in [-0.2, 0) is 4.79 Å². The van der Waals surface area contributed by atoms with E-state index in [2.05, 4.69) is 50.0 Å². The van der Waals surface area contributed by atoms with Crippen LogP contribution in [0.2, 0.25) is 10.0 Å². The van der Waals surface area contributed by atoms with Crippen LogP contribution in [-0.4, -0.2) is 18.0 Å². The van der Waals surface area contributed by atoms with Crippen molar-refractivity contribution in [2.75, 3.05) is 16.8 Å². The molecular formula is C24H25Cl2N3O. The van der Waals surface area contributed by atoms with Crippen molar-refractivity contribution < 1.29 is 4.79 Å². The molecule has 0 radical (unpaired) electrons. The summed E-state index contributed by atoms with van der Waals surface area (Å²) >= 11 is 12.0. The second-order valence-electron chi connectivity index (χ2n) is 8.23. The third-order valence-electron chi connectivity index (χ3n) is 5.58. The van der Waals surface area contributed by atoms with Gasteiger partial charge in [-0.15, -0.1) is 0 Å². The van der Waals surface area contributed by atoms with Crippen LogP contribution < -0.4 is 10.2 Å². The van der Waals surface area contributed by atoms with Crippen molar-refractivity contribution in [1.82, 2.24) is 0 Å². The predicted molar refractivity (Wildman–Crippen MR) is 125 cm³/mol. The van der Waals surface area contributed by atoms with Crippen LogP contribution >= 0.6 is 23.2 Å². The number of benzene rings is 2. The van der Waals surface area contributed by atoms with Crippen molar-refractivity contribution in [2.24, 2.45) is 0 Å². The molecule has 0 spiro atoms. The largest absolute Gasteiger partial charge is 0.366 e. The molecule has 1 atom stereocenters. The monoisotopic (exact) mass is 441 g/mol. The number of nitrogens with zero attached hydrogens (tertiary/aromatic N) is 2. The molecule has 2 aromatic rings. The fourth-order valence-electron chi connectivity index (χ4n) is 4.29. The number of nitriles is 1. The minimum atomic E-state index is -0.510. The van der Waals surface area contributed by atoms with E-state index in [1.165, 1.54) is 11.3 Å². The Morgan fingerprint density at radius 2 is 2.03 bits per heavy atom. The Hall–Kier alpha value is -2.48. The number of fused-ring (bicyclic) bond motifs is 1. The van der Waals surface area contributed by atoms with Crippen LogP contribution in [0.4, 0.5) is 11.4 Å². The highest BCUT2D eigenvalue weighted by molar-refractivity contribution is 6.36. The topological polar surface area (TPSA) is 56.1 Å². The summed E-state index contributed by atoms with van der Waals surface area (Å²) in [6, 6.07) is 12.9. The standard InChI is InChI=1S/C24H25Cl2N3O/c1-5-29-22-9-6-16(11-19(22)15(2)13-24(29,3)4)10-17(14-27)23(30)28-21-8-7-18(25)12-20(21)26/h6-12,15H,5,13H2,1-4H3,(H,28,30)/b17-10+. The third-order valence-corrected chi connectivity index (χ3v) is 6.13. The van der Waals surface area contributed by atoms with Crippen LogP contribution in [0, 0.1) is 11.3 Å². The molecule has 1 aliphatic rings. The maximum Gasteiger partial charge on any atom is 0.266 e. The molecule has 0 saturated heterocycles. The number of nitrogens with one attached hydrogen (secondary N) is 1. The first-order valence-electron chi connectivity index (χ1n) is 9.96. The average molecular weight is 442 g/mol. The summed E-state index contributed by atoms with van der Waals surface area (Å²) in [4.78, 5) is 15.0. The maximum absolute atomic E-state index is 12.6. The molecule has 0 bridgehead atoms. The van der Waals surface area contributed by atoms with Crippen LogP contribution in [0.1, 0.15) is 51.2 Å². The lowest BCUT2D eigenvalue weighted by atomic mass is 9.79. The highest BCUT2D eigenvalue weighted by Crippen LogP contribution is 2.43. The van der Waals surface area contributed by atoms with Gasteiger partial charge in [0.2, 0.25) is 0 Å². The van der Waals surface area contributed by atoms with Crippen LogP contribution in [0.5, 0.6) is 0 Å². The van der Waals surface area contributed by atoms with Gasteiger partial charge in [-0.05, 0) is 80.6 Å². The number of amides is 1. The van der Waals surface area contributed by atoms with E-state index in [0.717, 1.165) is 18.5 Å². The lowest BCUT2D eigenvalue weighted by molar-refractivity contribution is -0.112. The Balaban J connectivity index is 1.91. The van der Waals surface area contributed by atoms with Gasteiger partial charge in [0.25, 0.3) is 5.91 Å². The summed E-state index contributed by atoms with van der Waals surface area (Å²) in [5, 5.41) is 13.0. The Bertz CT molecular complexity index is 1050. The minimum Gasteiger partial charge on any atom is -0.366 e. The summed E-state index contributed by atoms with van der Waals surface area (Å²) < 4.78 is 0. The zero-order valence-electron chi connectivity index (χ0n) is 17.6. The number of hydrogen-bond donors (Lipinski definition) is 1. The first-order valence-corrected chi connectivity index (χ1v) is 10.7. The van der Waals surface area contributed by atoms with Gasteiger partial charge in [-0.1, -0.05) is 36.2 Å². The molecule has 0 saturated carbocycles. The molecule has 1 unspecified atom stereocenters. The SMILES string of the molecule is CCN1c2ccc(/C=C(\C#N)C(=O)Nc3ccc(Cl)cc3Cl)cc2C(C)CC1(C)C. The molecule has 0 aliphatic carbocycles. The first-order chi connectivity index (χ1) is 14.2. The van der Waals surface area contributed by atoms with E-state index in [9.17, 15) is 10.1 Å². The number of carbonyl (C=O) groups is 1. The summed E-state index contributed by atoms with van der Waals surface area (Å²) in [6.07, 6.45) is 2.66. The molecule has 3 rings (SSSR count). The number of halogens is 2. The summed E-state index contributed by atoms with van der Waals surface area (Å²) in [5.74, 6) is -0.123. The van der Waals surface area contributed by atoms with Crippen molar-refractivity contribution in [2.45, 2.75) is 45.6 Å². The van der Waals surface area contributed by atoms with E-state index in [1.54, 1.807) is 24.3 Å². The van der Waals surface area contributed by atoms with Crippen LogP contribution in [0.25, 0.3) is 6.08 Å².